The summed E-state index contributed by atoms with van der Waals surface area (Å²) in [7, 11) is 0. The number of nitrogens with one attached hydrogen (secondary N) is 1. The molecule has 0 bridgehead atoms. The highest BCUT2D eigenvalue weighted by Crippen LogP contribution is 2.32. The van der Waals surface area contributed by atoms with Crippen LogP contribution in [0.2, 0.25) is 0 Å². The Morgan fingerprint density at radius 3 is 2.75 bits per heavy atom. The number of carbonyl (C=O) groups is 2. The molecule has 0 radical (unpaired) electrons. The Labute approximate surface area is 162 Å². The molecule has 1 aliphatic heterocycles. The van der Waals surface area contributed by atoms with Crippen molar-refractivity contribution < 1.29 is 14.0 Å². The largest absolute Gasteiger partial charge is 0.352 e. The molecule has 0 spiro atoms. The maximum atomic E-state index is 13.5. The number of rotatable bonds is 5. The molecule has 2 aliphatic rings. The zero-order valence-corrected chi connectivity index (χ0v) is 15.3. The van der Waals surface area contributed by atoms with Gasteiger partial charge >= 0.3 is 0 Å². The second kappa shape index (κ2) is 7.43. The van der Waals surface area contributed by atoms with Gasteiger partial charge in [0.1, 0.15) is 11.9 Å². The first kappa shape index (κ1) is 18.2. The molecule has 4 rings (SSSR count). The molecule has 1 saturated heterocycles. The molecule has 6 heteroatoms. The smallest absolute Gasteiger partial charge is 0.251 e. The van der Waals surface area contributed by atoms with E-state index in [0.717, 1.165) is 24.9 Å². The highest BCUT2D eigenvalue weighted by Gasteiger charge is 2.39. The lowest BCUT2D eigenvalue weighted by Crippen LogP contribution is -2.32. The summed E-state index contributed by atoms with van der Waals surface area (Å²) >= 11 is 0. The van der Waals surface area contributed by atoms with Gasteiger partial charge in [-0.25, -0.2) is 4.39 Å². The van der Waals surface area contributed by atoms with Crippen LogP contribution < -0.4 is 5.32 Å². The van der Waals surface area contributed by atoms with E-state index in [0.29, 0.717) is 30.1 Å². The predicted octanol–water partition coefficient (Wildman–Crippen LogP) is 3.11. The summed E-state index contributed by atoms with van der Waals surface area (Å²) in [6.07, 6.45) is 2.67. The maximum Gasteiger partial charge on any atom is 0.251 e. The van der Waals surface area contributed by atoms with Crippen molar-refractivity contribution in [2.75, 3.05) is 13.1 Å². The third kappa shape index (κ3) is 3.74. The van der Waals surface area contributed by atoms with Crippen LogP contribution in [0.4, 0.5) is 4.39 Å². The predicted molar refractivity (Wildman–Crippen MR) is 102 cm³/mol. The maximum absolute atomic E-state index is 13.5. The minimum Gasteiger partial charge on any atom is -0.352 e. The molecule has 2 aromatic carbocycles. The molecule has 1 N–H and O–H groups in total. The van der Waals surface area contributed by atoms with E-state index < -0.39 is 5.82 Å². The van der Waals surface area contributed by atoms with E-state index in [1.54, 1.807) is 24.3 Å². The zero-order valence-electron chi connectivity index (χ0n) is 15.3. The quantitative estimate of drug-likeness (QED) is 0.870. The summed E-state index contributed by atoms with van der Waals surface area (Å²) in [5, 5.41) is 11.9. The minimum absolute atomic E-state index is 0.0292. The summed E-state index contributed by atoms with van der Waals surface area (Å²) in [5.41, 5.74) is 1.87. The molecule has 5 nitrogen and oxygen atoms in total. The van der Waals surface area contributed by atoms with Crippen LogP contribution in [0.5, 0.6) is 0 Å². The number of hydrogen-bond acceptors (Lipinski definition) is 3. The van der Waals surface area contributed by atoms with Crippen LogP contribution in [0.1, 0.15) is 35.2 Å². The normalized spacial score (nSPS) is 18.8. The van der Waals surface area contributed by atoms with E-state index in [1.807, 2.05) is 17.0 Å². The van der Waals surface area contributed by atoms with E-state index in [-0.39, 0.29) is 23.3 Å². The van der Waals surface area contributed by atoms with Crippen LogP contribution in [-0.4, -0.2) is 35.8 Å². The van der Waals surface area contributed by atoms with E-state index >= 15 is 0 Å². The van der Waals surface area contributed by atoms with Crippen molar-refractivity contribution in [3.05, 3.63) is 59.4 Å². The van der Waals surface area contributed by atoms with Crippen LogP contribution in [-0.2, 0) is 4.79 Å². The monoisotopic (exact) mass is 377 g/mol. The lowest BCUT2D eigenvalue weighted by Gasteiger charge is -2.15. The SMILES string of the molecule is N#Cc1cc(-c2cccc(C(=O)NCC3CC(=O)N(C4CC4)C3)c2)ccc1F. The van der Waals surface area contributed by atoms with Crippen LogP contribution in [0, 0.1) is 23.1 Å². The van der Waals surface area contributed by atoms with Gasteiger partial charge < -0.3 is 10.2 Å². The van der Waals surface area contributed by atoms with E-state index in [9.17, 15) is 14.0 Å². The van der Waals surface area contributed by atoms with Gasteiger partial charge in [0.05, 0.1) is 5.56 Å². The van der Waals surface area contributed by atoms with E-state index in [1.165, 1.54) is 12.1 Å². The van der Waals surface area contributed by atoms with Crippen LogP contribution in [0.3, 0.4) is 0 Å². The Kier molecular flexibility index (Phi) is 4.82. The van der Waals surface area contributed by atoms with Crippen molar-refractivity contribution in [2.24, 2.45) is 5.92 Å². The van der Waals surface area contributed by atoms with E-state index in [4.69, 9.17) is 5.26 Å². The molecule has 1 atom stereocenters. The lowest BCUT2D eigenvalue weighted by molar-refractivity contribution is -0.128. The van der Waals surface area contributed by atoms with Gasteiger partial charge in [0, 0.05) is 37.0 Å². The van der Waals surface area contributed by atoms with Crippen molar-refractivity contribution in [3.8, 4) is 17.2 Å². The summed E-state index contributed by atoms with van der Waals surface area (Å²) in [6.45, 7) is 1.18. The van der Waals surface area contributed by atoms with Crippen molar-refractivity contribution in [2.45, 2.75) is 25.3 Å². The number of benzene rings is 2. The average Bonchev–Trinajstić information content (AvgIpc) is 3.49. The number of hydrogen-bond donors (Lipinski definition) is 1. The topological polar surface area (TPSA) is 73.2 Å². The van der Waals surface area contributed by atoms with Crippen molar-refractivity contribution in [1.29, 1.82) is 5.26 Å². The van der Waals surface area contributed by atoms with Gasteiger partial charge in [-0.2, -0.15) is 5.26 Å². The molecular formula is C22H20FN3O2. The number of amides is 2. The molecule has 1 saturated carbocycles. The summed E-state index contributed by atoms with van der Waals surface area (Å²) < 4.78 is 13.5. The molecule has 28 heavy (non-hydrogen) atoms. The molecular weight excluding hydrogens is 357 g/mol. The van der Waals surface area contributed by atoms with Gasteiger partial charge in [-0.3, -0.25) is 9.59 Å². The fourth-order valence-electron chi connectivity index (χ4n) is 3.65. The van der Waals surface area contributed by atoms with Crippen LogP contribution in [0.25, 0.3) is 11.1 Å². The van der Waals surface area contributed by atoms with Crippen LogP contribution in [0.15, 0.2) is 42.5 Å². The van der Waals surface area contributed by atoms with E-state index in [2.05, 4.69) is 5.32 Å². The molecule has 1 heterocycles. The Morgan fingerprint density at radius 2 is 2.00 bits per heavy atom. The standard InChI is InChI=1S/C22H20FN3O2/c23-20-7-4-16(10-18(20)11-24)15-2-1-3-17(9-15)22(28)25-12-14-8-21(27)26(13-14)19-5-6-19/h1-4,7,9-10,14,19H,5-6,8,12-13H2,(H,25,28). The molecule has 1 unspecified atom stereocenters. The Balaban J connectivity index is 1.42. The lowest BCUT2D eigenvalue weighted by atomic mass is 10.0. The molecule has 142 valence electrons. The van der Waals surface area contributed by atoms with Gasteiger partial charge in [0.15, 0.2) is 0 Å². The minimum atomic E-state index is -0.563. The molecule has 1 aliphatic carbocycles. The third-order valence-corrected chi connectivity index (χ3v) is 5.32. The van der Waals surface area contributed by atoms with Crippen molar-refractivity contribution in [1.82, 2.24) is 10.2 Å². The zero-order chi connectivity index (χ0) is 19.7. The first-order valence-electron chi connectivity index (χ1n) is 9.43. The fraction of sp³-hybridized carbons (Fsp3) is 0.318. The number of halogens is 1. The number of carbonyl (C=O) groups excluding carboxylic acids is 2. The first-order valence-corrected chi connectivity index (χ1v) is 9.43. The molecule has 0 aromatic heterocycles. The summed E-state index contributed by atoms with van der Waals surface area (Å²) in [4.78, 5) is 26.5. The summed E-state index contributed by atoms with van der Waals surface area (Å²) in [6, 6.07) is 13.6. The Hall–Kier alpha value is -3.20. The Morgan fingerprint density at radius 1 is 1.21 bits per heavy atom. The summed E-state index contributed by atoms with van der Waals surface area (Å²) in [5.74, 6) is -0.433. The number of nitriles is 1. The van der Waals surface area contributed by atoms with Gasteiger partial charge in [-0.15, -0.1) is 0 Å². The molecule has 2 fully saturated rings. The second-order valence-electron chi connectivity index (χ2n) is 7.44. The highest BCUT2D eigenvalue weighted by molar-refractivity contribution is 5.95. The van der Waals surface area contributed by atoms with Crippen LogP contribution >= 0.6 is 0 Å². The Bertz CT molecular complexity index is 978. The average molecular weight is 377 g/mol. The fourth-order valence-corrected chi connectivity index (χ4v) is 3.65. The number of nitrogens with zero attached hydrogens (tertiary/aromatic N) is 2. The highest BCUT2D eigenvalue weighted by atomic mass is 19.1. The first-order chi connectivity index (χ1) is 13.5. The van der Waals surface area contributed by atoms with Gasteiger partial charge in [0.2, 0.25) is 5.91 Å². The van der Waals surface area contributed by atoms with Gasteiger partial charge in [0.25, 0.3) is 5.91 Å². The van der Waals surface area contributed by atoms with Crippen molar-refractivity contribution >= 4 is 11.8 Å². The van der Waals surface area contributed by atoms with Crippen molar-refractivity contribution in [3.63, 3.8) is 0 Å². The van der Waals surface area contributed by atoms with Gasteiger partial charge in [-0.1, -0.05) is 18.2 Å². The number of likely N-dealkylation sites (tertiary alicyclic amines) is 1. The molecule has 2 aromatic rings. The van der Waals surface area contributed by atoms with Gasteiger partial charge in [-0.05, 0) is 48.2 Å². The third-order valence-electron chi connectivity index (χ3n) is 5.32. The molecule has 2 amide bonds. The second-order valence-corrected chi connectivity index (χ2v) is 7.44.